The summed E-state index contributed by atoms with van der Waals surface area (Å²) in [6.07, 6.45) is 0. The second-order valence-corrected chi connectivity index (χ2v) is 9.30. The van der Waals surface area contributed by atoms with E-state index in [0.717, 1.165) is 0 Å². The number of hydrogen-bond donors (Lipinski definition) is 0. The Labute approximate surface area is 184 Å². The van der Waals surface area contributed by atoms with E-state index in [1.54, 1.807) is 41.3 Å². The molecule has 0 amide bonds. The van der Waals surface area contributed by atoms with Crippen molar-refractivity contribution in [1.82, 2.24) is 14.3 Å². The molecule has 0 N–H and O–H groups in total. The van der Waals surface area contributed by atoms with E-state index in [-0.39, 0.29) is 47.7 Å². The molecule has 1 aliphatic heterocycles. The molecule has 0 saturated carbocycles. The van der Waals surface area contributed by atoms with Gasteiger partial charge in [0, 0.05) is 37.8 Å². The first-order valence-electron chi connectivity index (χ1n) is 9.57. The van der Waals surface area contributed by atoms with E-state index in [4.69, 9.17) is 11.6 Å². The first-order chi connectivity index (χ1) is 14.8. The first kappa shape index (κ1) is 21.6. The maximum atomic E-state index is 15.0. The van der Waals surface area contributed by atoms with Crippen LogP contribution in [-0.2, 0) is 15.9 Å². The van der Waals surface area contributed by atoms with Crippen molar-refractivity contribution in [3.8, 4) is 0 Å². The minimum absolute atomic E-state index is 0.198. The Morgan fingerprint density at radius 1 is 0.871 bits per heavy atom. The highest BCUT2D eigenvalue weighted by atomic mass is 35.5. The molecule has 1 saturated heterocycles. The summed E-state index contributed by atoms with van der Waals surface area (Å²) >= 11 is 5.96. The zero-order chi connectivity index (χ0) is 22.1. The third kappa shape index (κ3) is 4.39. The van der Waals surface area contributed by atoms with Crippen LogP contribution in [0.25, 0.3) is 0 Å². The SMILES string of the molecule is O=S(=O)(c1ccccc1)N1CCN(c2cc(C(F)(F)c3ccccc3)nc(Cl)n2)CC1. The number of anilines is 1. The van der Waals surface area contributed by atoms with Gasteiger partial charge in [-0.25, -0.2) is 18.4 Å². The van der Waals surface area contributed by atoms with Gasteiger partial charge in [-0.2, -0.15) is 13.1 Å². The summed E-state index contributed by atoms with van der Waals surface area (Å²) in [5.74, 6) is -3.11. The molecule has 2 heterocycles. The highest BCUT2D eigenvalue weighted by Crippen LogP contribution is 2.36. The van der Waals surface area contributed by atoms with Crippen molar-refractivity contribution >= 4 is 27.4 Å². The molecular formula is C21H19ClF2N4O2S. The molecule has 0 bridgehead atoms. The largest absolute Gasteiger partial charge is 0.354 e. The quantitative estimate of drug-likeness (QED) is 0.538. The summed E-state index contributed by atoms with van der Waals surface area (Å²) in [5, 5.41) is -0.289. The van der Waals surface area contributed by atoms with Gasteiger partial charge in [-0.1, -0.05) is 48.5 Å². The molecule has 0 unspecified atom stereocenters. The number of nitrogens with zero attached hydrogens (tertiary/aromatic N) is 4. The van der Waals surface area contributed by atoms with Gasteiger partial charge < -0.3 is 4.90 Å². The van der Waals surface area contributed by atoms with Crippen LogP contribution in [0, 0.1) is 0 Å². The molecule has 6 nitrogen and oxygen atoms in total. The lowest BCUT2D eigenvalue weighted by Gasteiger charge is -2.35. The van der Waals surface area contributed by atoms with Crippen molar-refractivity contribution < 1.29 is 17.2 Å². The van der Waals surface area contributed by atoms with Gasteiger partial charge in [-0.15, -0.1) is 0 Å². The van der Waals surface area contributed by atoms with Gasteiger partial charge in [-0.05, 0) is 23.7 Å². The molecule has 1 fully saturated rings. The van der Waals surface area contributed by atoms with Crippen LogP contribution in [0.3, 0.4) is 0 Å². The molecule has 31 heavy (non-hydrogen) atoms. The van der Waals surface area contributed by atoms with E-state index in [1.807, 2.05) is 0 Å². The Bertz CT molecular complexity index is 1160. The van der Waals surface area contributed by atoms with Crippen LogP contribution in [0.15, 0.2) is 71.6 Å². The highest BCUT2D eigenvalue weighted by Gasteiger charge is 2.37. The number of halogens is 3. The van der Waals surface area contributed by atoms with E-state index in [9.17, 15) is 17.2 Å². The molecule has 0 aliphatic carbocycles. The molecule has 0 spiro atoms. The Hall–Kier alpha value is -2.62. The Morgan fingerprint density at radius 3 is 2.06 bits per heavy atom. The molecule has 10 heteroatoms. The normalized spacial score (nSPS) is 15.8. The molecule has 162 valence electrons. The smallest absolute Gasteiger partial charge is 0.315 e. The van der Waals surface area contributed by atoms with Crippen LogP contribution in [0.1, 0.15) is 11.3 Å². The summed E-state index contributed by atoms with van der Waals surface area (Å²) in [6.45, 7) is 0.970. The van der Waals surface area contributed by atoms with Crippen LogP contribution in [0.2, 0.25) is 5.28 Å². The minimum atomic E-state index is -3.62. The average Bonchev–Trinajstić information content (AvgIpc) is 2.80. The van der Waals surface area contributed by atoms with Crippen LogP contribution < -0.4 is 4.90 Å². The number of piperazine rings is 1. The van der Waals surface area contributed by atoms with Gasteiger partial charge in [0.2, 0.25) is 15.3 Å². The number of sulfonamides is 1. The zero-order valence-corrected chi connectivity index (χ0v) is 17.9. The number of hydrogen-bond acceptors (Lipinski definition) is 5. The number of alkyl halides is 2. The fourth-order valence-corrected chi connectivity index (χ4v) is 5.04. The van der Waals surface area contributed by atoms with Gasteiger partial charge in [0.15, 0.2) is 0 Å². The fraction of sp³-hybridized carbons (Fsp3) is 0.238. The topological polar surface area (TPSA) is 66.4 Å². The molecular weight excluding hydrogens is 446 g/mol. The summed E-state index contributed by atoms with van der Waals surface area (Å²) < 4.78 is 56.9. The predicted molar refractivity (Wildman–Crippen MR) is 114 cm³/mol. The first-order valence-corrected chi connectivity index (χ1v) is 11.4. The number of rotatable bonds is 5. The summed E-state index contributed by atoms with van der Waals surface area (Å²) in [7, 11) is -3.62. The molecule has 2 aromatic carbocycles. The number of benzene rings is 2. The van der Waals surface area contributed by atoms with Crippen LogP contribution in [0.4, 0.5) is 14.6 Å². The van der Waals surface area contributed by atoms with Gasteiger partial charge in [0.05, 0.1) is 4.90 Å². The van der Waals surface area contributed by atoms with Crippen molar-refractivity contribution in [3.05, 3.63) is 83.3 Å². The second kappa shape index (κ2) is 8.49. The lowest BCUT2D eigenvalue weighted by atomic mass is 10.1. The van der Waals surface area contributed by atoms with Crippen molar-refractivity contribution in [3.63, 3.8) is 0 Å². The van der Waals surface area contributed by atoms with E-state index in [2.05, 4.69) is 9.97 Å². The third-order valence-electron chi connectivity index (χ3n) is 5.09. The monoisotopic (exact) mass is 464 g/mol. The van der Waals surface area contributed by atoms with E-state index < -0.39 is 21.6 Å². The maximum Gasteiger partial charge on any atom is 0.315 e. The number of aromatic nitrogens is 2. The molecule has 3 aromatic rings. The molecule has 1 aliphatic rings. The van der Waals surface area contributed by atoms with Crippen molar-refractivity contribution in [2.45, 2.75) is 10.8 Å². The lowest BCUT2D eigenvalue weighted by molar-refractivity contribution is 0.0379. The van der Waals surface area contributed by atoms with Gasteiger partial charge >= 0.3 is 5.92 Å². The summed E-state index contributed by atoms with van der Waals surface area (Å²) in [5.41, 5.74) is -0.706. The van der Waals surface area contributed by atoms with Crippen LogP contribution in [-0.4, -0.2) is 48.9 Å². The van der Waals surface area contributed by atoms with Crippen molar-refractivity contribution in [2.24, 2.45) is 0 Å². The van der Waals surface area contributed by atoms with Crippen LogP contribution >= 0.6 is 11.6 Å². The Morgan fingerprint density at radius 2 is 1.45 bits per heavy atom. The lowest BCUT2D eigenvalue weighted by Crippen LogP contribution is -2.49. The van der Waals surface area contributed by atoms with E-state index in [1.165, 1.54) is 34.6 Å². The second-order valence-electron chi connectivity index (χ2n) is 7.03. The van der Waals surface area contributed by atoms with Crippen molar-refractivity contribution in [2.75, 3.05) is 31.1 Å². The third-order valence-corrected chi connectivity index (χ3v) is 7.17. The maximum absolute atomic E-state index is 15.0. The summed E-state index contributed by atoms with van der Waals surface area (Å²) in [4.78, 5) is 9.78. The van der Waals surface area contributed by atoms with Gasteiger partial charge in [0.1, 0.15) is 11.5 Å². The molecule has 1 aromatic heterocycles. The average molecular weight is 465 g/mol. The summed E-state index contributed by atoms with van der Waals surface area (Å²) in [6, 6.07) is 16.7. The fourth-order valence-electron chi connectivity index (χ4n) is 3.42. The predicted octanol–water partition coefficient (Wildman–Crippen LogP) is 3.78. The van der Waals surface area contributed by atoms with Crippen molar-refractivity contribution in [1.29, 1.82) is 0 Å². The van der Waals surface area contributed by atoms with E-state index >= 15 is 0 Å². The standard InChI is InChI=1S/C21H19ClF2N4O2S/c22-20-25-18(21(23,24)16-7-3-1-4-8-16)15-19(26-20)27-11-13-28(14-12-27)31(29,30)17-9-5-2-6-10-17/h1-10,15H,11-14H2. The zero-order valence-electron chi connectivity index (χ0n) is 16.3. The Kier molecular flexibility index (Phi) is 5.92. The van der Waals surface area contributed by atoms with Crippen LogP contribution in [0.5, 0.6) is 0 Å². The highest BCUT2D eigenvalue weighted by molar-refractivity contribution is 7.89. The molecule has 0 radical (unpaired) electrons. The molecule has 0 atom stereocenters. The molecule has 4 rings (SSSR count). The van der Waals surface area contributed by atoms with Gasteiger partial charge in [0.25, 0.3) is 0 Å². The Balaban J connectivity index is 1.54. The van der Waals surface area contributed by atoms with Gasteiger partial charge in [-0.3, -0.25) is 0 Å². The van der Waals surface area contributed by atoms with E-state index in [0.29, 0.717) is 0 Å². The minimum Gasteiger partial charge on any atom is -0.354 e.